The minimum Gasteiger partial charge on any atom is -0.461 e. The first kappa shape index (κ1) is 33.8. The Morgan fingerprint density at radius 2 is 1.93 bits per heavy atom. The van der Waals surface area contributed by atoms with E-state index in [2.05, 4.69) is 38.9 Å². The van der Waals surface area contributed by atoms with Crippen molar-refractivity contribution in [2.24, 2.45) is 23.4 Å². The van der Waals surface area contributed by atoms with E-state index in [-0.39, 0.29) is 23.9 Å². The maximum absolute atomic E-state index is 14.2. The van der Waals surface area contributed by atoms with Crippen molar-refractivity contribution < 1.29 is 18.1 Å². The minimum absolute atomic E-state index is 0.167. The Labute approximate surface area is 273 Å². The molecule has 2 heterocycles. The van der Waals surface area contributed by atoms with Crippen LogP contribution < -0.4 is 16.3 Å². The van der Waals surface area contributed by atoms with E-state index in [0.29, 0.717) is 41.4 Å². The lowest BCUT2D eigenvalue weighted by atomic mass is 9.88. The summed E-state index contributed by atoms with van der Waals surface area (Å²) in [5.41, 5.74) is 9.22. The first-order valence-corrected chi connectivity index (χ1v) is 17.4. The minimum atomic E-state index is -1.24. The highest BCUT2D eigenvalue weighted by atomic mass is 32.2. The van der Waals surface area contributed by atoms with E-state index in [4.69, 9.17) is 16.3 Å². The summed E-state index contributed by atoms with van der Waals surface area (Å²) in [4.78, 5) is 19.1. The molecule has 11 heteroatoms. The van der Waals surface area contributed by atoms with Crippen LogP contribution in [0.5, 0.6) is 0 Å². The number of piperidine rings is 1. The van der Waals surface area contributed by atoms with Crippen molar-refractivity contribution in [2.45, 2.75) is 56.8 Å². The van der Waals surface area contributed by atoms with E-state index in [9.17, 15) is 13.4 Å². The molecule has 3 aromatic rings. The number of carbonyl (C=O) groups is 1. The van der Waals surface area contributed by atoms with Gasteiger partial charge in [0.1, 0.15) is 22.5 Å². The van der Waals surface area contributed by atoms with Gasteiger partial charge < -0.3 is 25.4 Å². The Hall–Kier alpha value is -3.51. The van der Waals surface area contributed by atoms with Crippen molar-refractivity contribution in [1.82, 2.24) is 19.6 Å². The second kappa shape index (κ2) is 15.9. The number of aromatic nitrogens is 1. The number of ether oxygens (including phenoxy) is 1. The number of hydrogen-bond donors (Lipinski definition) is 4. The molecule has 0 bridgehead atoms. The Bertz CT molecular complexity index is 1560. The molecular formula is C35H47FN6O3S. The Morgan fingerprint density at radius 1 is 1.17 bits per heavy atom. The number of nitrogens with zero attached hydrogens (tertiary/aromatic N) is 2. The number of nitrogens with one attached hydrogen (secondary N) is 2. The van der Waals surface area contributed by atoms with Crippen LogP contribution in [0.2, 0.25) is 0 Å². The van der Waals surface area contributed by atoms with Crippen LogP contribution in [0.1, 0.15) is 73.5 Å². The molecule has 1 aromatic heterocycles. The number of aromatic amines is 1. The third-order valence-electron chi connectivity index (χ3n) is 8.78. The number of hydrazine groups is 1. The highest BCUT2D eigenvalue weighted by molar-refractivity contribution is 7.83. The molecule has 2 atom stereocenters. The molecule has 0 spiro atoms. The molecule has 1 aliphatic heterocycles. The maximum Gasteiger partial charge on any atom is 0.355 e. The maximum atomic E-state index is 14.2. The van der Waals surface area contributed by atoms with E-state index in [1.165, 1.54) is 24.1 Å². The van der Waals surface area contributed by atoms with Crippen LogP contribution in [0, 0.1) is 17.7 Å². The summed E-state index contributed by atoms with van der Waals surface area (Å²) in [5, 5.41) is 2.05. The molecule has 248 valence electrons. The summed E-state index contributed by atoms with van der Waals surface area (Å²) in [5.74, 6) is 6.50. The fraction of sp³-hybridized carbons (Fsp3) is 0.457. The van der Waals surface area contributed by atoms with Gasteiger partial charge in [-0.1, -0.05) is 38.1 Å². The monoisotopic (exact) mass is 650 g/mol. The van der Waals surface area contributed by atoms with Gasteiger partial charge in [-0.3, -0.25) is 0 Å². The number of carbonyl (C=O) groups excluding carboxylic acids is 1. The van der Waals surface area contributed by atoms with Gasteiger partial charge in [-0.2, -0.15) is 0 Å². The molecule has 1 saturated heterocycles. The quantitative estimate of drug-likeness (QED) is 0.0844. The topological polar surface area (TPSA) is 130 Å². The van der Waals surface area contributed by atoms with E-state index in [0.717, 1.165) is 50.2 Å². The van der Waals surface area contributed by atoms with Crippen LogP contribution >= 0.6 is 0 Å². The number of nitrogens with two attached hydrogens (primary N) is 2. The molecule has 9 nitrogen and oxygen atoms in total. The number of halogens is 1. The van der Waals surface area contributed by atoms with E-state index in [1.54, 1.807) is 17.3 Å². The standard InChI is InChI=1S/C35H47FN6O3S/c1-24(2)23-45-35(43)34-33(30-20-28(36)10-13-32(30)40-34)31(37)22-42(38)21-25-14-17-41(18-15-25)19-16-39-46(44)29-11-8-27(9-12-29)26-6-4-3-5-7-26/h3-4,8-13,20,22,24-26,39-40H,5-7,14-19,21,23,37-38H2,1-2H3/b31-22-. The average Bonchev–Trinajstić information content (AvgIpc) is 3.43. The zero-order valence-corrected chi connectivity index (χ0v) is 27.7. The number of fused-ring (bicyclic) bond motifs is 1. The molecule has 1 fully saturated rings. The summed E-state index contributed by atoms with van der Waals surface area (Å²) >= 11 is 0. The van der Waals surface area contributed by atoms with Crippen molar-refractivity contribution in [2.75, 3.05) is 39.3 Å². The third kappa shape index (κ3) is 8.85. The van der Waals surface area contributed by atoms with Crippen molar-refractivity contribution in [3.63, 3.8) is 0 Å². The van der Waals surface area contributed by atoms with Gasteiger partial charge in [-0.15, -0.1) is 0 Å². The first-order chi connectivity index (χ1) is 22.2. The second-order valence-corrected chi connectivity index (χ2v) is 14.1. The number of benzene rings is 2. The molecule has 5 rings (SSSR count). The largest absolute Gasteiger partial charge is 0.461 e. The Balaban J connectivity index is 1.09. The smallest absolute Gasteiger partial charge is 0.355 e. The second-order valence-electron chi connectivity index (χ2n) is 12.8. The van der Waals surface area contributed by atoms with Gasteiger partial charge in [0, 0.05) is 42.3 Å². The third-order valence-corrected chi connectivity index (χ3v) is 9.94. The normalized spacial score (nSPS) is 18.7. The molecule has 2 aromatic carbocycles. The highest BCUT2D eigenvalue weighted by Crippen LogP contribution is 2.30. The number of esters is 1. The van der Waals surface area contributed by atoms with Crippen LogP contribution in [-0.2, 0) is 15.7 Å². The van der Waals surface area contributed by atoms with Crippen LogP contribution in [0.15, 0.2) is 65.7 Å². The number of rotatable bonds is 13. The molecule has 6 N–H and O–H groups in total. The first-order valence-electron chi connectivity index (χ1n) is 16.3. The molecular weight excluding hydrogens is 603 g/mol. The van der Waals surface area contributed by atoms with Gasteiger partial charge in [0.25, 0.3) is 0 Å². The van der Waals surface area contributed by atoms with Crippen molar-refractivity contribution >= 4 is 33.6 Å². The van der Waals surface area contributed by atoms with Crippen molar-refractivity contribution in [3.05, 3.63) is 83.5 Å². The predicted octanol–water partition coefficient (Wildman–Crippen LogP) is 5.40. The summed E-state index contributed by atoms with van der Waals surface area (Å²) < 4.78 is 35.6. The lowest BCUT2D eigenvalue weighted by Crippen LogP contribution is -2.42. The van der Waals surface area contributed by atoms with E-state index in [1.807, 2.05) is 26.0 Å². The SMILES string of the molecule is CC(C)COC(=O)c1[nH]c2ccc(F)cc2c1/C(N)=C/N(N)CC1CCN(CCNS(=O)c2ccc(C3CC=CCC3)cc2)CC1. The Morgan fingerprint density at radius 3 is 2.63 bits per heavy atom. The van der Waals surface area contributed by atoms with Crippen molar-refractivity contribution in [3.8, 4) is 0 Å². The van der Waals surface area contributed by atoms with Crippen LogP contribution in [0.4, 0.5) is 4.39 Å². The molecule has 46 heavy (non-hydrogen) atoms. The highest BCUT2D eigenvalue weighted by Gasteiger charge is 2.24. The van der Waals surface area contributed by atoms with Gasteiger partial charge in [0.05, 0.1) is 17.2 Å². The van der Waals surface area contributed by atoms with Crippen molar-refractivity contribution in [1.29, 1.82) is 0 Å². The lowest BCUT2D eigenvalue weighted by molar-refractivity contribution is 0.0452. The van der Waals surface area contributed by atoms with Crippen LogP contribution in [0.25, 0.3) is 16.6 Å². The van der Waals surface area contributed by atoms with Gasteiger partial charge >= 0.3 is 5.97 Å². The molecule has 0 amide bonds. The molecule has 2 aliphatic rings. The zero-order valence-electron chi connectivity index (χ0n) is 26.8. The number of H-pyrrole nitrogens is 1. The van der Waals surface area contributed by atoms with Gasteiger partial charge in [0.2, 0.25) is 0 Å². The summed E-state index contributed by atoms with van der Waals surface area (Å²) in [6.45, 7) is 8.05. The predicted molar refractivity (Wildman–Crippen MR) is 182 cm³/mol. The van der Waals surface area contributed by atoms with Gasteiger partial charge in [-0.25, -0.2) is 24.0 Å². The Kier molecular flexibility index (Phi) is 11.7. The van der Waals surface area contributed by atoms with Crippen LogP contribution in [-0.4, -0.2) is 64.4 Å². The molecule has 0 saturated carbocycles. The summed E-state index contributed by atoms with van der Waals surface area (Å²) in [6, 6.07) is 12.5. The lowest BCUT2D eigenvalue weighted by Gasteiger charge is -2.33. The fourth-order valence-electron chi connectivity index (χ4n) is 6.26. The number of allylic oxidation sites excluding steroid dienone is 2. The summed E-state index contributed by atoms with van der Waals surface area (Å²) in [6.07, 6.45) is 11.4. The fourth-order valence-corrected chi connectivity index (χ4v) is 7.08. The summed E-state index contributed by atoms with van der Waals surface area (Å²) in [7, 11) is -1.24. The number of likely N-dealkylation sites (tertiary alicyclic amines) is 1. The van der Waals surface area contributed by atoms with E-state index < -0.39 is 22.8 Å². The average molecular weight is 651 g/mol. The van der Waals surface area contributed by atoms with Gasteiger partial charge in [0.15, 0.2) is 0 Å². The van der Waals surface area contributed by atoms with Crippen LogP contribution in [0.3, 0.4) is 0 Å². The molecule has 1 aliphatic carbocycles. The van der Waals surface area contributed by atoms with E-state index >= 15 is 0 Å². The molecule has 2 unspecified atom stereocenters. The zero-order chi connectivity index (χ0) is 32.6. The van der Waals surface area contributed by atoms with Gasteiger partial charge in [-0.05, 0) is 98.8 Å². The number of hydrogen-bond acceptors (Lipinski definition) is 7. The molecule has 0 radical (unpaired) electrons.